The number of nitrogens with one attached hydrogen (secondary N) is 1. The van der Waals surface area contributed by atoms with Crippen LogP contribution in [0.2, 0.25) is 0 Å². The Bertz CT molecular complexity index is 555. The van der Waals surface area contributed by atoms with E-state index in [9.17, 15) is 0 Å². The summed E-state index contributed by atoms with van der Waals surface area (Å²) in [5.74, 6) is 1.03. The van der Waals surface area contributed by atoms with E-state index in [1.807, 2.05) is 11.3 Å². The molecule has 0 radical (unpaired) electrons. The van der Waals surface area contributed by atoms with Gasteiger partial charge in [-0.3, -0.25) is 0 Å². The quantitative estimate of drug-likeness (QED) is 0.908. The van der Waals surface area contributed by atoms with Crippen LogP contribution in [0.5, 0.6) is 0 Å². The van der Waals surface area contributed by atoms with Gasteiger partial charge in [-0.2, -0.15) is 0 Å². The van der Waals surface area contributed by atoms with Crippen LogP contribution >= 0.6 is 11.3 Å². The molecule has 2 aromatic heterocycles. The summed E-state index contributed by atoms with van der Waals surface area (Å²) in [6.45, 7) is 5.30. The Morgan fingerprint density at radius 3 is 3.26 bits per heavy atom. The Morgan fingerprint density at radius 2 is 2.42 bits per heavy atom. The molecule has 1 atom stereocenters. The lowest BCUT2D eigenvalue weighted by Gasteiger charge is -2.24. The third-order valence-corrected chi connectivity index (χ3v) is 4.71. The fourth-order valence-electron chi connectivity index (χ4n) is 2.87. The summed E-state index contributed by atoms with van der Waals surface area (Å²) >= 11 is 1.89. The minimum Gasteiger partial charge on any atom is -0.349 e. The first-order chi connectivity index (χ1) is 9.28. The number of hydrogen-bond donors (Lipinski definition) is 1. The van der Waals surface area contributed by atoms with Crippen LogP contribution in [0.15, 0.2) is 17.6 Å². The van der Waals surface area contributed by atoms with Crippen molar-refractivity contribution >= 4 is 17.3 Å². The molecule has 0 saturated heterocycles. The van der Waals surface area contributed by atoms with Crippen molar-refractivity contribution in [1.29, 1.82) is 0 Å². The number of hydrogen-bond acceptors (Lipinski definition) is 3. The first-order valence-electron chi connectivity index (χ1n) is 7.14. The van der Waals surface area contributed by atoms with Crippen LogP contribution in [-0.2, 0) is 13.0 Å². The lowest BCUT2D eigenvalue weighted by Crippen LogP contribution is -2.18. The van der Waals surface area contributed by atoms with Crippen LogP contribution in [0.25, 0.3) is 0 Å². The van der Waals surface area contributed by atoms with Gasteiger partial charge in [-0.25, -0.2) is 4.98 Å². The van der Waals surface area contributed by atoms with Crippen molar-refractivity contribution in [2.75, 3.05) is 5.32 Å². The highest BCUT2D eigenvalue weighted by Crippen LogP contribution is 2.35. The predicted molar refractivity (Wildman–Crippen MR) is 80.9 cm³/mol. The molecule has 1 N–H and O–H groups in total. The minimum absolute atomic E-state index is 0.437. The zero-order chi connectivity index (χ0) is 13.2. The van der Waals surface area contributed by atoms with Gasteiger partial charge in [-0.15, -0.1) is 11.3 Å². The van der Waals surface area contributed by atoms with E-state index < -0.39 is 0 Å². The Labute approximate surface area is 118 Å². The van der Waals surface area contributed by atoms with Gasteiger partial charge in [-0.05, 0) is 49.6 Å². The Hall–Kier alpha value is -1.29. The van der Waals surface area contributed by atoms with Crippen LogP contribution in [0.4, 0.5) is 5.95 Å². The second kappa shape index (κ2) is 5.37. The average Bonchev–Trinajstić information content (AvgIpc) is 2.98. The summed E-state index contributed by atoms with van der Waals surface area (Å²) in [5.41, 5.74) is 2.58. The number of anilines is 1. The third kappa shape index (κ3) is 2.54. The van der Waals surface area contributed by atoms with E-state index in [4.69, 9.17) is 0 Å². The maximum atomic E-state index is 4.64. The van der Waals surface area contributed by atoms with Gasteiger partial charge in [0, 0.05) is 17.6 Å². The molecule has 0 aromatic carbocycles. The monoisotopic (exact) mass is 275 g/mol. The van der Waals surface area contributed by atoms with E-state index in [0.717, 1.165) is 24.6 Å². The molecule has 2 aromatic rings. The minimum atomic E-state index is 0.437. The van der Waals surface area contributed by atoms with Gasteiger partial charge >= 0.3 is 0 Å². The zero-order valence-electron chi connectivity index (χ0n) is 11.6. The molecule has 3 nitrogen and oxygen atoms in total. The second-order valence-corrected chi connectivity index (χ2v) is 6.29. The standard InChI is InChI=1S/C15H21N3S/c1-3-8-18-10-11(2)16-15(18)17-13-5-4-6-14-12(13)7-9-19-14/h7,9-10,13H,3-6,8H2,1-2H3,(H,16,17). The van der Waals surface area contributed by atoms with Crippen molar-refractivity contribution < 1.29 is 0 Å². The van der Waals surface area contributed by atoms with Gasteiger partial charge in [0.05, 0.1) is 11.7 Å². The summed E-state index contributed by atoms with van der Waals surface area (Å²) < 4.78 is 2.25. The summed E-state index contributed by atoms with van der Waals surface area (Å²) in [6.07, 6.45) is 7.01. The predicted octanol–water partition coefficient (Wildman–Crippen LogP) is 4.15. The first-order valence-corrected chi connectivity index (χ1v) is 8.02. The van der Waals surface area contributed by atoms with Crippen LogP contribution in [0, 0.1) is 6.92 Å². The molecule has 1 unspecified atom stereocenters. The molecule has 4 heteroatoms. The first kappa shape index (κ1) is 12.7. The van der Waals surface area contributed by atoms with E-state index in [2.05, 4.69) is 46.4 Å². The molecule has 1 aliphatic rings. The smallest absolute Gasteiger partial charge is 0.203 e. The van der Waals surface area contributed by atoms with Gasteiger partial charge < -0.3 is 9.88 Å². The summed E-state index contributed by atoms with van der Waals surface area (Å²) in [7, 11) is 0. The highest BCUT2D eigenvalue weighted by molar-refractivity contribution is 7.10. The van der Waals surface area contributed by atoms with Crippen LogP contribution < -0.4 is 5.32 Å². The zero-order valence-corrected chi connectivity index (χ0v) is 12.5. The van der Waals surface area contributed by atoms with E-state index in [-0.39, 0.29) is 0 Å². The second-order valence-electron chi connectivity index (χ2n) is 5.29. The Balaban J connectivity index is 1.83. The molecule has 0 amide bonds. The topological polar surface area (TPSA) is 29.9 Å². The molecule has 19 heavy (non-hydrogen) atoms. The van der Waals surface area contributed by atoms with Crippen LogP contribution in [-0.4, -0.2) is 9.55 Å². The number of nitrogens with zero attached hydrogens (tertiary/aromatic N) is 2. The summed E-state index contributed by atoms with van der Waals surface area (Å²) in [4.78, 5) is 6.19. The van der Waals surface area contributed by atoms with Crippen molar-refractivity contribution in [1.82, 2.24) is 9.55 Å². The van der Waals surface area contributed by atoms with E-state index in [1.165, 1.54) is 24.8 Å². The van der Waals surface area contributed by atoms with Gasteiger partial charge in [0.1, 0.15) is 0 Å². The normalized spacial score (nSPS) is 18.3. The molecule has 0 saturated carbocycles. The van der Waals surface area contributed by atoms with Gasteiger partial charge in [0.15, 0.2) is 0 Å². The summed E-state index contributed by atoms with van der Waals surface area (Å²) in [6, 6.07) is 2.71. The maximum Gasteiger partial charge on any atom is 0.203 e. The molecule has 0 fully saturated rings. The van der Waals surface area contributed by atoms with Crippen molar-refractivity contribution in [3.63, 3.8) is 0 Å². The van der Waals surface area contributed by atoms with Crippen molar-refractivity contribution in [2.24, 2.45) is 0 Å². The number of imidazole rings is 1. The number of fused-ring (bicyclic) bond motifs is 1. The molecule has 0 bridgehead atoms. The maximum absolute atomic E-state index is 4.64. The molecule has 0 aliphatic heterocycles. The lowest BCUT2D eigenvalue weighted by atomic mass is 9.94. The van der Waals surface area contributed by atoms with Crippen LogP contribution in [0.3, 0.4) is 0 Å². The Morgan fingerprint density at radius 1 is 1.53 bits per heavy atom. The van der Waals surface area contributed by atoms with Crippen molar-refractivity contribution in [3.8, 4) is 0 Å². The number of rotatable bonds is 4. The Kier molecular flexibility index (Phi) is 3.60. The van der Waals surface area contributed by atoms with E-state index in [1.54, 1.807) is 4.88 Å². The van der Waals surface area contributed by atoms with E-state index in [0.29, 0.717) is 6.04 Å². The number of aromatic nitrogens is 2. The van der Waals surface area contributed by atoms with Gasteiger partial charge in [0.25, 0.3) is 0 Å². The highest BCUT2D eigenvalue weighted by Gasteiger charge is 2.22. The largest absolute Gasteiger partial charge is 0.349 e. The molecule has 2 heterocycles. The van der Waals surface area contributed by atoms with E-state index >= 15 is 0 Å². The van der Waals surface area contributed by atoms with Gasteiger partial charge in [0.2, 0.25) is 5.95 Å². The number of thiophene rings is 1. The molecule has 102 valence electrons. The molecule has 1 aliphatic carbocycles. The highest BCUT2D eigenvalue weighted by atomic mass is 32.1. The molecular weight excluding hydrogens is 254 g/mol. The van der Waals surface area contributed by atoms with Crippen molar-refractivity contribution in [2.45, 2.75) is 52.1 Å². The molecular formula is C15H21N3S. The fourth-order valence-corrected chi connectivity index (χ4v) is 3.85. The lowest BCUT2D eigenvalue weighted by molar-refractivity contribution is 0.593. The molecule has 0 spiro atoms. The summed E-state index contributed by atoms with van der Waals surface area (Å²) in [5, 5.41) is 5.87. The third-order valence-electron chi connectivity index (χ3n) is 3.72. The van der Waals surface area contributed by atoms with Crippen LogP contribution in [0.1, 0.15) is 48.4 Å². The van der Waals surface area contributed by atoms with Crippen molar-refractivity contribution in [3.05, 3.63) is 33.8 Å². The average molecular weight is 275 g/mol. The van der Waals surface area contributed by atoms with Gasteiger partial charge in [-0.1, -0.05) is 6.92 Å². The SMILES string of the molecule is CCCn1cc(C)nc1NC1CCCc2sccc21. The number of aryl methyl sites for hydroxylation is 3. The molecule has 3 rings (SSSR count). The fraction of sp³-hybridized carbons (Fsp3) is 0.533.